The number of rotatable bonds is 11. The number of carbonyl (C=O) groups is 3. The van der Waals surface area contributed by atoms with Gasteiger partial charge in [-0.15, -0.1) is 0 Å². The summed E-state index contributed by atoms with van der Waals surface area (Å²) in [5, 5.41) is 15.9. The first kappa shape index (κ1) is 30.0. The summed E-state index contributed by atoms with van der Waals surface area (Å²) < 4.78 is 5.49. The van der Waals surface area contributed by atoms with Crippen LogP contribution in [0.4, 0.5) is 4.79 Å². The Balaban J connectivity index is 2.03. The van der Waals surface area contributed by atoms with Crippen molar-refractivity contribution in [3.8, 4) is 5.75 Å². The number of amides is 3. The van der Waals surface area contributed by atoms with Gasteiger partial charge in [0.2, 0.25) is 11.8 Å². The molecule has 1 aliphatic rings. The molecule has 0 radical (unpaired) electrons. The third-order valence-electron chi connectivity index (χ3n) is 6.84. The molecule has 8 nitrogen and oxygen atoms in total. The van der Waals surface area contributed by atoms with E-state index in [2.05, 4.69) is 10.6 Å². The normalized spacial score (nSPS) is 18.0. The van der Waals surface area contributed by atoms with Gasteiger partial charge in [0, 0.05) is 19.0 Å². The average molecular weight is 538 g/mol. The van der Waals surface area contributed by atoms with E-state index >= 15 is 0 Å². The van der Waals surface area contributed by atoms with Gasteiger partial charge in [-0.1, -0.05) is 56.7 Å². The van der Waals surface area contributed by atoms with Gasteiger partial charge in [-0.05, 0) is 75.3 Å². The van der Waals surface area contributed by atoms with Gasteiger partial charge in [-0.25, -0.2) is 4.79 Å². The Kier molecular flexibility index (Phi) is 10.0. The topological polar surface area (TPSA) is 108 Å². The number of phenolic OH excluding ortho intramolecular Hbond substituents is 1. The van der Waals surface area contributed by atoms with Crippen molar-refractivity contribution in [1.82, 2.24) is 15.5 Å². The molecule has 4 unspecified atom stereocenters. The molecule has 0 bridgehead atoms. The number of unbranched alkanes of at least 4 members (excludes halogenated alkanes) is 1. The second-order valence-electron chi connectivity index (χ2n) is 11.5. The molecule has 2 aromatic carbocycles. The fourth-order valence-corrected chi connectivity index (χ4v) is 4.62. The van der Waals surface area contributed by atoms with Crippen molar-refractivity contribution in [1.29, 1.82) is 0 Å². The third-order valence-corrected chi connectivity index (χ3v) is 6.84. The van der Waals surface area contributed by atoms with Crippen LogP contribution in [0.3, 0.4) is 0 Å². The maximum Gasteiger partial charge on any atom is 0.408 e. The van der Waals surface area contributed by atoms with E-state index in [1.807, 2.05) is 44.2 Å². The summed E-state index contributed by atoms with van der Waals surface area (Å²) in [7, 11) is 0. The second-order valence-corrected chi connectivity index (χ2v) is 11.5. The van der Waals surface area contributed by atoms with E-state index < -0.39 is 23.8 Å². The number of aromatic hydroxyl groups is 1. The van der Waals surface area contributed by atoms with Gasteiger partial charge in [-0.2, -0.15) is 0 Å². The van der Waals surface area contributed by atoms with Crippen LogP contribution in [0.2, 0.25) is 0 Å². The summed E-state index contributed by atoms with van der Waals surface area (Å²) in [6, 6.07) is 12.4. The largest absolute Gasteiger partial charge is 0.508 e. The lowest BCUT2D eigenvalue weighted by Crippen LogP contribution is -2.54. The SMILES string of the molecule is CCCCNC(=O)C(c1ccc(O)c(C)c1)N(C(=O)C(Cc1ccccc1)NC(=O)OC(C)(C)C)C1CC1C. The maximum atomic E-state index is 14.4. The number of aryl methyl sites for hydroxylation is 1. The fraction of sp³-hybridized carbons (Fsp3) is 0.516. The number of hydrogen-bond acceptors (Lipinski definition) is 5. The van der Waals surface area contributed by atoms with Gasteiger partial charge in [0.1, 0.15) is 23.4 Å². The highest BCUT2D eigenvalue weighted by Gasteiger charge is 2.48. The van der Waals surface area contributed by atoms with Crippen LogP contribution in [-0.2, 0) is 20.7 Å². The Labute approximate surface area is 232 Å². The predicted octanol–water partition coefficient (Wildman–Crippen LogP) is 5.03. The molecule has 212 valence electrons. The van der Waals surface area contributed by atoms with E-state index in [4.69, 9.17) is 4.74 Å². The monoisotopic (exact) mass is 537 g/mol. The third kappa shape index (κ3) is 8.47. The second kappa shape index (κ2) is 13.0. The highest BCUT2D eigenvalue weighted by Crippen LogP contribution is 2.41. The lowest BCUT2D eigenvalue weighted by atomic mass is 9.98. The quantitative estimate of drug-likeness (QED) is 0.349. The minimum absolute atomic E-state index is 0.120. The van der Waals surface area contributed by atoms with Crippen molar-refractivity contribution >= 4 is 17.9 Å². The summed E-state index contributed by atoms with van der Waals surface area (Å²) in [5.74, 6) is -0.302. The number of benzene rings is 2. The summed E-state index contributed by atoms with van der Waals surface area (Å²) in [6.07, 6.45) is 2.05. The van der Waals surface area contributed by atoms with Crippen molar-refractivity contribution in [2.75, 3.05) is 6.54 Å². The molecule has 2 aromatic rings. The van der Waals surface area contributed by atoms with E-state index in [9.17, 15) is 19.5 Å². The minimum Gasteiger partial charge on any atom is -0.508 e. The Bertz CT molecular complexity index is 1140. The van der Waals surface area contributed by atoms with Crippen LogP contribution >= 0.6 is 0 Å². The zero-order chi connectivity index (χ0) is 28.7. The van der Waals surface area contributed by atoms with Crippen LogP contribution in [0.5, 0.6) is 5.75 Å². The zero-order valence-corrected chi connectivity index (χ0v) is 24.0. The van der Waals surface area contributed by atoms with Crippen LogP contribution in [-0.4, -0.2) is 52.1 Å². The van der Waals surface area contributed by atoms with Gasteiger partial charge < -0.3 is 25.4 Å². The number of carbonyl (C=O) groups excluding carboxylic acids is 3. The molecule has 1 fully saturated rings. The van der Waals surface area contributed by atoms with Crippen molar-refractivity contribution in [3.63, 3.8) is 0 Å². The smallest absolute Gasteiger partial charge is 0.408 e. The van der Waals surface area contributed by atoms with Crippen LogP contribution < -0.4 is 10.6 Å². The summed E-state index contributed by atoms with van der Waals surface area (Å²) in [5.41, 5.74) is 1.37. The molecule has 3 N–H and O–H groups in total. The highest BCUT2D eigenvalue weighted by atomic mass is 16.6. The molecule has 4 atom stereocenters. The highest BCUT2D eigenvalue weighted by molar-refractivity contribution is 5.93. The molecule has 0 aromatic heterocycles. The first-order valence-electron chi connectivity index (χ1n) is 13.8. The van der Waals surface area contributed by atoms with Crippen LogP contribution in [0.1, 0.15) is 76.6 Å². The van der Waals surface area contributed by atoms with Crippen LogP contribution in [0.15, 0.2) is 48.5 Å². The molecule has 0 spiro atoms. The predicted molar refractivity (Wildman–Crippen MR) is 151 cm³/mol. The Morgan fingerprint density at radius 2 is 1.79 bits per heavy atom. The zero-order valence-electron chi connectivity index (χ0n) is 24.0. The van der Waals surface area contributed by atoms with Crippen LogP contribution in [0, 0.1) is 12.8 Å². The standard InChI is InChI=1S/C31H43N3O5/c1-7-8-16-32-28(36)27(23-14-15-26(35)21(3)17-23)34(25-18-20(25)2)29(37)24(19-22-12-10-9-11-13-22)33-30(38)39-31(4,5)6/h9-15,17,20,24-25,27,35H,7-8,16,18-19H2,1-6H3,(H,32,36)(H,33,38). The number of nitrogens with one attached hydrogen (secondary N) is 2. The van der Waals surface area contributed by atoms with Crippen molar-refractivity contribution in [2.24, 2.45) is 5.92 Å². The Morgan fingerprint density at radius 1 is 1.13 bits per heavy atom. The number of alkyl carbamates (subject to hydrolysis) is 1. The molecule has 0 aliphatic heterocycles. The lowest BCUT2D eigenvalue weighted by Gasteiger charge is -2.35. The van der Waals surface area contributed by atoms with Gasteiger partial charge in [0.05, 0.1) is 0 Å². The van der Waals surface area contributed by atoms with E-state index in [1.165, 1.54) is 0 Å². The van der Waals surface area contributed by atoms with E-state index in [0.717, 1.165) is 24.8 Å². The average Bonchev–Trinajstić information content (AvgIpc) is 3.58. The molecule has 39 heavy (non-hydrogen) atoms. The number of phenols is 1. The molecule has 8 heteroatoms. The van der Waals surface area contributed by atoms with Gasteiger partial charge in [0.25, 0.3) is 0 Å². The summed E-state index contributed by atoms with van der Waals surface area (Å²) in [6.45, 7) is 11.7. The molecule has 0 saturated heterocycles. The van der Waals surface area contributed by atoms with E-state index in [1.54, 1.807) is 50.8 Å². The van der Waals surface area contributed by atoms with Gasteiger partial charge in [-0.3, -0.25) is 9.59 Å². The van der Waals surface area contributed by atoms with Crippen molar-refractivity contribution in [3.05, 3.63) is 65.2 Å². The molecule has 0 heterocycles. The van der Waals surface area contributed by atoms with Crippen molar-refractivity contribution < 1.29 is 24.2 Å². The van der Waals surface area contributed by atoms with Crippen molar-refractivity contribution in [2.45, 2.75) is 91.0 Å². The number of ether oxygens (including phenoxy) is 1. The first-order chi connectivity index (χ1) is 18.4. The summed E-state index contributed by atoms with van der Waals surface area (Å²) >= 11 is 0. The van der Waals surface area contributed by atoms with E-state index in [-0.39, 0.29) is 35.9 Å². The number of hydrogen-bond donors (Lipinski definition) is 3. The Hall–Kier alpha value is -3.55. The minimum atomic E-state index is -0.945. The molecular weight excluding hydrogens is 494 g/mol. The first-order valence-corrected chi connectivity index (χ1v) is 13.8. The Morgan fingerprint density at radius 3 is 2.36 bits per heavy atom. The molecule has 3 amide bonds. The van der Waals surface area contributed by atoms with E-state index in [0.29, 0.717) is 17.7 Å². The van der Waals surface area contributed by atoms with Gasteiger partial charge in [0.15, 0.2) is 0 Å². The maximum absolute atomic E-state index is 14.4. The molecule has 3 rings (SSSR count). The number of nitrogens with zero attached hydrogens (tertiary/aromatic N) is 1. The molecular formula is C31H43N3O5. The summed E-state index contributed by atoms with van der Waals surface area (Å²) in [4.78, 5) is 42.6. The van der Waals surface area contributed by atoms with Crippen LogP contribution in [0.25, 0.3) is 0 Å². The molecule has 1 saturated carbocycles. The molecule has 1 aliphatic carbocycles. The van der Waals surface area contributed by atoms with Gasteiger partial charge >= 0.3 is 6.09 Å². The fourth-order valence-electron chi connectivity index (χ4n) is 4.62. The lowest BCUT2D eigenvalue weighted by molar-refractivity contribution is -0.143.